The number of hydrogen-bond donors (Lipinski definition) is 1. The van der Waals surface area contributed by atoms with Crippen molar-refractivity contribution in [3.05, 3.63) is 38.4 Å². The van der Waals surface area contributed by atoms with Crippen LogP contribution in [0.2, 0.25) is 0 Å². The second-order valence-electron chi connectivity index (χ2n) is 4.06. The molecule has 0 fully saturated rings. The van der Waals surface area contributed by atoms with Crippen LogP contribution in [0.25, 0.3) is 10.9 Å². The number of nitrogens with zero attached hydrogens (tertiary/aromatic N) is 4. The number of carbonyl (C=O) groups is 1. The number of aromatic nitrogens is 4. The Morgan fingerprint density at radius 2 is 2.35 bits per heavy atom. The normalized spacial score (nSPS) is 11.1. The highest BCUT2D eigenvalue weighted by Gasteiger charge is 2.21. The fourth-order valence-corrected chi connectivity index (χ4v) is 2.41. The van der Waals surface area contributed by atoms with Crippen LogP contribution in [-0.4, -0.2) is 31.0 Å². The quantitative estimate of drug-likeness (QED) is 0.763. The molecule has 20 heavy (non-hydrogen) atoms. The summed E-state index contributed by atoms with van der Waals surface area (Å²) in [5.74, 6) is -0.990. The van der Waals surface area contributed by atoms with Gasteiger partial charge in [0.25, 0.3) is 5.56 Å². The molecule has 3 heterocycles. The lowest BCUT2D eigenvalue weighted by Gasteiger charge is -2.04. The molecule has 3 aromatic heterocycles. The SMILES string of the molecule is Cc1onc2c(=O)n(Cc3cscn3)nc(C(=O)O)c12. The zero-order valence-electron chi connectivity index (χ0n) is 10.2. The maximum Gasteiger partial charge on any atom is 0.357 e. The molecule has 0 saturated heterocycles. The van der Waals surface area contributed by atoms with Crippen molar-refractivity contribution in [2.45, 2.75) is 13.5 Å². The van der Waals surface area contributed by atoms with Crippen molar-refractivity contribution >= 4 is 28.2 Å². The minimum Gasteiger partial charge on any atom is -0.476 e. The number of aryl methyl sites for hydroxylation is 1. The van der Waals surface area contributed by atoms with E-state index < -0.39 is 11.5 Å². The third kappa shape index (κ3) is 1.88. The topological polar surface area (TPSA) is 111 Å². The summed E-state index contributed by atoms with van der Waals surface area (Å²) in [5, 5.41) is 18.6. The first kappa shape index (κ1) is 12.5. The molecule has 8 nitrogen and oxygen atoms in total. The predicted octanol–water partition coefficient (Wildman–Crippen LogP) is 0.896. The van der Waals surface area contributed by atoms with Crippen molar-refractivity contribution in [3.63, 3.8) is 0 Å². The molecule has 3 rings (SSSR count). The first-order chi connectivity index (χ1) is 9.58. The predicted molar refractivity (Wildman–Crippen MR) is 69.0 cm³/mol. The maximum atomic E-state index is 12.2. The number of carboxylic acid groups (broad SMARTS) is 1. The lowest BCUT2D eigenvalue weighted by atomic mass is 10.2. The molecular weight excluding hydrogens is 284 g/mol. The molecule has 3 aromatic rings. The molecule has 0 amide bonds. The lowest BCUT2D eigenvalue weighted by Crippen LogP contribution is -2.26. The van der Waals surface area contributed by atoms with Gasteiger partial charge in [-0.2, -0.15) is 5.10 Å². The summed E-state index contributed by atoms with van der Waals surface area (Å²) in [4.78, 5) is 27.5. The van der Waals surface area contributed by atoms with E-state index in [2.05, 4.69) is 15.2 Å². The third-order valence-electron chi connectivity index (χ3n) is 2.76. The summed E-state index contributed by atoms with van der Waals surface area (Å²) < 4.78 is 5.93. The van der Waals surface area contributed by atoms with Gasteiger partial charge in [-0.1, -0.05) is 5.16 Å². The van der Waals surface area contributed by atoms with E-state index in [1.165, 1.54) is 18.3 Å². The van der Waals surface area contributed by atoms with Crippen molar-refractivity contribution in [3.8, 4) is 0 Å². The third-order valence-corrected chi connectivity index (χ3v) is 3.39. The molecule has 1 N–H and O–H groups in total. The van der Waals surface area contributed by atoms with E-state index >= 15 is 0 Å². The van der Waals surface area contributed by atoms with Gasteiger partial charge in [0.05, 0.1) is 23.1 Å². The number of fused-ring (bicyclic) bond motifs is 1. The first-order valence-electron chi connectivity index (χ1n) is 5.55. The van der Waals surface area contributed by atoms with E-state index in [-0.39, 0.29) is 28.9 Å². The van der Waals surface area contributed by atoms with Crippen LogP contribution in [0.15, 0.2) is 20.2 Å². The van der Waals surface area contributed by atoms with Gasteiger partial charge in [0.2, 0.25) is 0 Å². The number of carboxylic acids is 1. The van der Waals surface area contributed by atoms with Gasteiger partial charge < -0.3 is 9.63 Å². The van der Waals surface area contributed by atoms with Gasteiger partial charge >= 0.3 is 5.97 Å². The molecule has 0 aliphatic rings. The van der Waals surface area contributed by atoms with Gasteiger partial charge in [-0.3, -0.25) is 4.79 Å². The second-order valence-corrected chi connectivity index (χ2v) is 4.78. The van der Waals surface area contributed by atoms with Crippen LogP contribution in [0.4, 0.5) is 0 Å². The average molecular weight is 292 g/mol. The maximum absolute atomic E-state index is 12.2. The Kier molecular flexibility index (Phi) is 2.83. The monoisotopic (exact) mass is 292 g/mol. The average Bonchev–Trinajstić information content (AvgIpc) is 3.03. The van der Waals surface area contributed by atoms with Crippen molar-refractivity contribution in [2.75, 3.05) is 0 Å². The van der Waals surface area contributed by atoms with Gasteiger partial charge in [0.1, 0.15) is 5.76 Å². The highest BCUT2D eigenvalue weighted by Crippen LogP contribution is 2.17. The Morgan fingerprint density at radius 1 is 1.55 bits per heavy atom. The van der Waals surface area contributed by atoms with Gasteiger partial charge in [-0.05, 0) is 6.92 Å². The first-order valence-corrected chi connectivity index (χ1v) is 6.49. The Balaban J connectivity index is 2.26. The van der Waals surface area contributed by atoms with Crippen LogP contribution < -0.4 is 5.56 Å². The Morgan fingerprint density at radius 3 is 3.00 bits per heavy atom. The highest BCUT2D eigenvalue weighted by molar-refractivity contribution is 7.07. The largest absolute Gasteiger partial charge is 0.476 e. The molecule has 0 atom stereocenters. The Hall–Kier alpha value is -2.55. The van der Waals surface area contributed by atoms with Crippen molar-refractivity contribution in [1.82, 2.24) is 19.9 Å². The lowest BCUT2D eigenvalue weighted by molar-refractivity contribution is 0.0690. The summed E-state index contributed by atoms with van der Waals surface area (Å²) in [7, 11) is 0. The molecule has 102 valence electrons. The van der Waals surface area contributed by atoms with Crippen molar-refractivity contribution < 1.29 is 14.4 Å². The zero-order chi connectivity index (χ0) is 14.3. The summed E-state index contributed by atoms with van der Waals surface area (Å²) in [5.41, 5.74) is 1.45. The fraction of sp³-hybridized carbons (Fsp3) is 0.182. The summed E-state index contributed by atoms with van der Waals surface area (Å²) in [6.45, 7) is 1.62. The number of aromatic carboxylic acids is 1. The fourth-order valence-electron chi connectivity index (χ4n) is 1.86. The summed E-state index contributed by atoms with van der Waals surface area (Å²) >= 11 is 1.38. The zero-order valence-corrected chi connectivity index (χ0v) is 11.0. The summed E-state index contributed by atoms with van der Waals surface area (Å²) in [6.07, 6.45) is 0. The van der Waals surface area contributed by atoms with E-state index in [4.69, 9.17) is 4.52 Å². The van der Waals surface area contributed by atoms with Crippen LogP contribution in [-0.2, 0) is 6.54 Å². The van der Waals surface area contributed by atoms with Crippen LogP contribution in [0.5, 0.6) is 0 Å². The minimum absolute atomic E-state index is 0.0369. The van der Waals surface area contributed by atoms with Gasteiger partial charge in [0, 0.05) is 5.38 Å². The molecule has 0 spiro atoms. The number of rotatable bonds is 3. The highest BCUT2D eigenvalue weighted by atomic mass is 32.1. The van der Waals surface area contributed by atoms with Crippen LogP contribution in [0, 0.1) is 6.92 Å². The van der Waals surface area contributed by atoms with Crippen LogP contribution >= 0.6 is 11.3 Å². The molecule has 0 bridgehead atoms. The summed E-state index contributed by atoms with van der Waals surface area (Å²) in [6, 6.07) is 0. The van der Waals surface area contributed by atoms with E-state index in [0.717, 1.165) is 4.68 Å². The molecule has 0 unspecified atom stereocenters. The molecule has 0 radical (unpaired) electrons. The number of thiazole rings is 1. The minimum atomic E-state index is -1.24. The van der Waals surface area contributed by atoms with Gasteiger partial charge in [-0.15, -0.1) is 11.3 Å². The van der Waals surface area contributed by atoms with Crippen molar-refractivity contribution in [2.24, 2.45) is 0 Å². The van der Waals surface area contributed by atoms with Crippen molar-refractivity contribution in [1.29, 1.82) is 0 Å². The molecule has 9 heteroatoms. The van der Waals surface area contributed by atoms with E-state index in [9.17, 15) is 14.7 Å². The van der Waals surface area contributed by atoms with Gasteiger partial charge in [0.15, 0.2) is 11.2 Å². The standard InChI is InChI=1S/C11H8N4O4S/c1-5-7-8(14-19-5)10(16)15(13-9(7)11(17)18)2-6-3-20-4-12-6/h3-4H,2H2,1H3,(H,17,18). The van der Waals surface area contributed by atoms with Crippen LogP contribution in [0.1, 0.15) is 21.9 Å². The smallest absolute Gasteiger partial charge is 0.357 e. The molecule has 0 saturated carbocycles. The van der Waals surface area contributed by atoms with Crippen LogP contribution in [0.3, 0.4) is 0 Å². The molecule has 0 aromatic carbocycles. The second kappa shape index (κ2) is 4.53. The van der Waals surface area contributed by atoms with E-state index in [0.29, 0.717) is 5.69 Å². The Bertz CT molecular complexity index is 849. The van der Waals surface area contributed by atoms with E-state index in [1.807, 2.05) is 0 Å². The molecular formula is C11H8N4O4S. The molecule has 0 aliphatic heterocycles. The Labute approximate surface area is 115 Å². The van der Waals surface area contributed by atoms with Gasteiger partial charge in [-0.25, -0.2) is 14.5 Å². The van der Waals surface area contributed by atoms with E-state index in [1.54, 1.807) is 10.9 Å². The number of hydrogen-bond acceptors (Lipinski definition) is 7. The molecule has 0 aliphatic carbocycles.